The van der Waals surface area contributed by atoms with Crippen LogP contribution in [0.5, 0.6) is 0 Å². The second-order valence-electron chi connectivity index (χ2n) is 4.68. The molecule has 3 aromatic heterocycles. The van der Waals surface area contributed by atoms with Gasteiger partial charge in [0, 0.05) is 11.9 Å². The first-order valence-corrected chi connectivity index (χ1v) is 6.99. The van der Waals surface area contributed by atoms with E-state index in [1.54, 1.807) is 17.8 Å². The van der Waals surface area contributed by atoms with Crippen LogP contribution in [0.25, 0.3) is 11.0 Å². The van der Waals surface area contributed by atoms with Crippen LogP contribution in [-0.2, 0) is 13.6 Å². The average molecular weight is 304 g/mol. The summed E-state index contributed by atoms with van der Waals surface area (Å²) in [5.41, 5.74) is 1.16. The summed E-state index contributed by atoms with van der Waals surface area (Å²) in [7, 11) is 1.72. The van der Waals surface area contributed by atoms with E-state index in [0.29, 0.717) is 17.6 Å². The van der Waals surface area contributed by atoms with Crippen LogP contribution < -0.4 is 5.56 Å². The van der Waals surface area contributed by atoms with Crippen LogP contribution in [0.2, 0.25) is 0 Å². The van der Waals surface area contributed by atoms with E-state index in [4.69, 9.17) is 5.11 Å². The van der Waals surface area contributed by atoms with Gasteiger partial charge in [-0.15, -0.1) is 11.3 Å². The monoisotopic (exact) mass is 304 g/mol. The van der Waals surface area contributed by atoms with Crippen molar-refractivity contribution in [1.29, 1.82) is 0 Å². The van der Waals surface area contributed by atoms with E-state index >= 15 is 0 Å². The molecule has 0 bridgehead atoms. The Morgan fingerprint density at radius 1 is 1.48 bits per heavy atom. The maximum Gasteiger partial charge on any atom is 0.345 e. The predicted molar refractivity (Wildman–Crippen MR) is 77.9 cm³/mol. The summed E-state index contributed by atoms with van der Waals surface area (Å²) in [6.45, 7) is 2.14. The van der Waals surface area contributed by atoms with Gasteiger partial charge >= 0.3 is 5.97 Å². The van der Waals surface area contributed by atoms with Gasteiger partial charge in [-0.05, 0) is 18.6 Å². The van der Waals surface area contributed by atoms with Gasteiger partial charge in [-0.2, -0.15) is 5.10 Å². The molecule has 3 aromatic rings. The molecule has 8 heteroatoms. The third-order valence-electron chi connectivity index (χ3n) is 3.29. The lowest BCUT2D eigenvalue weighted by Gasteiger charge is -2.04. The third kappa shape index (κ3) is 2.23. The van der Waals surface area contributed by atoms with Gasteiger partial charge < -0.3 is 5.11 Å². The molecular formula is C13H12N4O3S. The Morgan fingerprint density at radius 3 is 2.90 bits per heavy atom. The zero-order chi connectivity index (χ0) is 15.1. The number of nitrogens with zero attached hydrogens (tertiary/aromatic N) is 4. The number of thiophene rings is 1. The van der Waals surface area contributed by atoms with Gasteiger partial charge in [0.25, 0.3) is 5.56 Å². The fraction of sp³-hybridized carbons (Fsp3) is 0.231. The Balaban J connectivity index is 2.04. The molecule has 0 saturated heterocycles. The molecule has 21 heavy (non-hydrogen) atoms. The van der Waals surface area contributed by atoms with Crippen LogP contribution in [0.15, 0.2) is 23.4 Å². The average Bonchev–Trinajstić information content (AvgIpc) is 2.98. The number of hydrogen-bond acceptors (Lipinski definition) is 5. The second-order valence-corrected chi connectivity index (χ2v) is 5.94. The highest BCUT2D eigenvalue weighted by Crippen LogP contribution is 2.22. The summed E-state index contributed by atoms with van der Waals surface area (Å²) in [6, 6.07) is 1.60. The lowest BCUT2D eigenvalue weighted by molar-refractivity contribution is 0.0702. The van der Waals surface area contributed by atoms with E-state index in [-0.39, 0.29) is 10.4 Å². The first kappa shape index (κ1) is 13.5. The molecular weight excluding hydrogens is 292 g/mol. The van der Waals surface area contributed by atoms with Crippen molar-refractivity contribution in [2.75, 3.05) is 0 Å². The first-order chi connectivity index (χ1) is 9.97. The number of rotatable bonds is 3. The van der Waals surface area contributed by atoms with Crippen LogP contribution >= 0.6 is 11.3 Å². The van der Waals surface area contributed by atoms with Gasteiger partial charge in [0.1, 0.15) is 16.6 Å². The first-order valence-electron chi connectivity index (χ1n) is 6.17. The zero-order valence-electron chi connectivity index (χ0n) is 11.4. The van der Waals surface area contributed by atoms with E-state index in [1.807, 2.05) is 6.92 Å². The Bertz CT molecular complexity index is 906. The van der Waals surface area contributed by atoms with Crippen molar-refractivity contribution in [3.8, 4) is 0 Å². The normalized spacial score (nSPS) is 11.1. The molecule has 0 unspecified atom stereocenters. The molecule has 0 aliphatic rings. The van der Waals surface area contributed by atoms with Crippen molar-refractivity contribution in [2.45, 2.75) is 13.5 Å². The lowest BCUT2D eigenvalue weighted by atomic mass is 10.2. The minimum absolute atomic E-state index is 0.185. The summed E-state index contributed by atoms with van der Waals surface area (Å²) in [5, 5.41) is 13.5. The molecule has 0 saturated carbocycles. The molecule has 3 heterocycles. The third-order valence-corrected chi connectivity index (χ3v) is 4.37. The lowest BCUT2D eigenvalue weighted by Crippen LogP contribution is -2.21. The second kappa shape index (κ2) is 4.81. The van der Waals surface area contributed by atoms with Gasteiger partial charge in [-0.25, -0.2) is 9.78 Å². The van der Waals surface area contributed by atoms with E-state index in [0.717, 1.165) is 10.4 Å². The van der Waals surface area contributed by atoms with Gasteiger partial charge in [0.05, 0.1) is 12.7 Å². The minimum atomic E-state index is -0.956. The largest absolute Gasteiger partial charge is 0.477 e. The summed E-state index contributed by atoms with van der Waals surface area (Å²) in [4.78, 5) is 28.7. The summed E-state index contributed by atoms with van der Waals surface area (Å²) >= 11 is 1.20. The van der Waals surface area contributed by atoms with Gasteiger partial charge in [-0.1, -0.05) is 0 Å². The van der Waals surface area contributed by atoms with Crippen molar-refractivity contribution in [2.24, 2.45) is 7.05 Å². The number of hydrogen-bond donors (Lipinski definition) is 1. The molecule has 0 aliphatic heterocycles. The molecule has 7 nitrogen and oxygen atoms in total. The van der Waals surface area contributed by atoms with Crippen LogP contribution in [0, 0.1) is 6.92 Å². The zero-order valence-corrected chi connectivity index (χ0v) is 12.2. The van der Waals surface area contributed by atoms with Gasteiger partial charge in [-0.3, -0.25) is 14.0 Å². The number of fused-ring (bicyclic) bond motifs is 1. The highest BCUT2D eigenvalue weighted by molar-refractivity contribution is 7.14. The molecule has 1 N–H and O–H groups in total. The smallest absolute Gasteiger partial charge is 0.345 e. The predicted octanol–water partition coefficient (Wildman–Crippen LogP) is 1.25. The maximum absolute atomic E-state index is 12.4. The van der Waals surface area contributed by atoms with Crippen LogP contribution in [0.4, 0.5) is 0 Å². The Morgan fingerprint density at radius 2 is 2.24 bits per heavy atom. The number of carboxylic acid groups (broad SMARTS) is 1. The van der Waals surface area contributed by atoms with Crippen molar-refractivity contribution < 1.29 is 9.90 Å². The quantitative estimate of drug-likeness (QED) is 0.786. The Kier molecular flexibility index (Phi) is 3.09. The number of aryl methyl sites for hydroxylation is 2. The van der Waals surface area contributed by atoms with Crippen molar-refractivity contribution in [3.63, 3.8) is 0 Å². The van der Waals surface area contributed by atoms with E-state index < -0.39 is 5.97 Å². The van der Waals surface area contributed by atoms with Crippen molar-refractivity contribution >= 4 is 28.3 Å². The fourth-order valence-corrected chi connectivity index (χ4v) is 3.02. The highest BCUT2D eigenvalue weighted by Gasteiger charge is 2.13. The van der Waals surface area contributed by atoms with Crippen molar-refractivity contribution in [1.82, 2.24) is 19.3 Å². The molecule has 0 atom stereocenters. The van der Waals surface area contributed by atoms with Gasteiger partial charge in [0.15, 0.2) is 5.65 Å². The molecule has 0 aromatic carbocycles. The number of carboxylic acids is 1. The molecule has 0 aliphatic carbocycles. The Hall–Kier alpha value is -2.48. The minimum Gasteiger partial charge on any atom is -0.477 e. The standard InChI is InChI=1S/C13H12N4O3S/c1-7-8(3-10(21-7)13(19)20)5-17-6-14-11-9(12(17)18)4-15-16(11)2/h3-4,6H,5H2,1-2H3,(H,19,20). The van der Waals surface area contributed by atoms with E-state index in [9.17, 15) is 9.59 Å². The SMILES string of the molecule is Cc1sc(C(=O)O)cc1Cn1cnc2c(cnn2C)c1=O. The number of carbonyl (C=O) groups is 1. The summed E-state index contributed by atoms with van der Waals surface area (Å²) in [6.07, 6.45) is 2.95. The topological polar surface area (TPSA) is 90.0 Å². The highest BCUT2D eigenvalue weighted by atomic mass is 32.1. The molecule has 0 radical (unpaired) electrons. The molecule has 0 spiro atoms. The van der Waals surface area contributed by atoms with Crippen LogP contribution in [-0.4, -0.2) is 30.4 Å². The van der Waals surface area contributed by atoms with Crippen molar-refractivity contribution in [3.05, 3.63) is 44.3 Å². The number of aromatic carboxylic acids is 1. The molecule has 0 fully saturated rings. The molecule has 3 rings (SSSR count). The van der Waals surface area contributed by atoms with E-state index in [2.05, 4.69) is 10.1 Å². The molecule has 0 amide bonds. The fourth-order valence-electron chi connectivity index (χ4n) is 2.14. The summed E-state index contributed by atoms with van der Waals surface area (Å²) in [5.74, 6) is -0.956. The van der Waals surface area contributed by atoms with Gasteiger partial charge in [0.2, 0.25) is 0 Å². The van der Waals surface area contributed by atoms with Crippen LogP contribution in [0.1, 0.15) is 20.1 Å². The Labute approximate surface area is 123 Å². The summed E-state index contributed by atoms with van der Waals surface area (Å²) < 4.78 is 3.00. The molecule has 108 valence electrons. The van der Waals surface area contributed by atoms with E-state index in [1.165, 1.54) is 28.4 Å². The van der Waals surface area contributed by atoms with Crippen LogP contribution in [0.3, 0.4) is 0 Å². The number of aromatic nitrogens is 4. The maximum atomic E-state index is 12.4.